The zero-order valence-corrected chi connectivity index (χ0v) is 10.4. The Kier molecular flexibility index (Phi) is 4.36. The molecule has 17 heavy (non-hydrogen) atoms. The van der Waals surface area contributed by atoms with Gasteiger partial charge in [-0.3, -0.25) is 4.90 Å². The van der Waals surface area contributed by atoms with E-state index in [0.717, 1.165) is 19.5 Å². The van der Waals surface area contributed by atoms with Crippen molar-refractivity contribution >= 4 is 17.2 Å². The molecule has 1 aliphatic rings. The van der Waals surface area contributed by atoms with Gasteiger partial charge in [0.25, 0.3) is 0 Å². The third-order valence-corrected chi connectivity index (χ3v) is 3.62. The third-order valence-electron chi connectivity index (χ3n) is 2.89. The van der Waals surface area contributed by atoms with E-state index < -0.39 is 0 Å². The number of rotatable bonds is 4. The fourth-order valence-corrected chi connectivity index (χ4v) is 2.57. The molecule has 1 unspecified atom stereocenters. The first-order valence-corrected chi connectivity index (χ1v) is 6.56. The van der Waals surface area contributed by atoms with Crippen LogP contribution in [0, 0.1) is 0 Å². The summed E-state index contributed by atoms with van der Waals surface area (Å²) in [6.45, 7) is 3.21. The van der Waals surface area contributed by atoms with Gasteiger partial charge >= 0.3 is 0 Å². The van der Waals surface area contributed by atoms with Crippen LogP contribution in [0.2, 0.25) is 0 Å². The standard InChI is InChI=1S/C11H17N3O2S/c12-11(13-15)10-7-14(4-5-16-10)3-1-9-2-6-17-8-9/h2,6,8,10,15H,1,3-5,7H2,(H2,12,13). The quantitative estimate of drug-likeness (QED) is 0.360. The lowest BCUT2D eigenvalue weighted by atomic mass is 10.2. The summed E-state index contributed by atoms with van der Waals surface area (Å²) in [5.74, 6) is 0.158. The van der Waals surface area contributed by atoms with Crippen molar-refractivity contribution < 1.29 is 9.94 Å². The molecular weight excluding hydrogens is 238 g/mol. The van der Waals surface area contributed by atoms with E-state index in [9.17, 15) is 0 Å². The first kappa shape index (κ1) is 12.3. The number of nitrogens with two attached hydrogens (primary N) is 1. The van der Waals surface area contributed by atoms with Crippen molar-refractivity contribution in [2.45, 2.75) is 12.5 Å². The predicted octanol–water partition coefficient (Wildman–Crippen LogP) is 0.738. The van der Waals surface area contributed by atoms with Gasteiger partial charge in [-0.15, -0.1) is 0 Å². The molecule has 1 aromatic rings. The summed E-state index contributed by atoms with van der Waals surface area (Å²) in [6.07, 6.45) is 0.753. The van der Waals surface area contributed by atoms with Gasteiger partial charge in [0.05, 0.1) is 6.61 Å². The molecule has 3 N–H and O–H groups in total. The van der Waals surface area contributed by atoms with E-state index in [0.29, 0.717) is 13.2 Å². The topological polar surface area (TPSA) is 71.1 Å². The van der Waals surface area contributed by atoms with E-state index in [2.05, 4.69) is 26.9 Å². The summed E-state index contributed by atoms with van der Waals surface area (Å²) in [5.41, 5.74) is 6.91. The van der Waals surface area contributed by atoms with Crippen molar-refractivity contribution in [1.82, 2.24) is 4.90 Å². The summed E-state index contributed by atoms with van der Waals surface area (Å²) >= 11 is 1.72. The molecular formula is C11H17N3O2S. The summed E-state index contributed by atoms with van der Waals surface area (Å²) < 4.78 is 5.44. The maximum Gasteiger partial charge on any atom is 0.169 e. The second kappa shape index (κ2) is 6.00. The molecule has 1 aliphatic heterocycles. The molecule has 1 fully saturated rings. The van der Waals surface area contributed by atoms with E-state index in [1.54, 1.807) is 11.3 Å². The van der Waals surface area contributed by atoms with Crippen LogP contribution in [0.1, 0.15) is 5.56 Å². The predicted molar refractivity (Wildman–Crippen MR) is 67.6 cm³/mol. The molecule has 0 spiro atoms. The van der Waals surface area contributed by atoms with Gasteiger partial charge in [-0.05, 0) is 28.8 Å². The van der Waals surface area contributed by atoms with Crippen molar-refractivity contribution in [3.8, 4) is 0 Å². The average Bonchev–Trinajstić information content (AvgIpc) is 2.89. The molecule has 2 rings (SSSR count). The van der Waals surface area contributed by atoms with Crippen LogP contribution in [0.4, 0.5) is 0 Å². The highest BCUT2D eigenvalue weighted by molar-refractivity contribution is 7.07. The van der Waals surface area contributed by atoms with Crippen LogP contribution >= 0.6 is 11.3 Å². The summed E-state index contributed by atoms with van der Waals surface area (Å²) in [6, 6.07) is 2.14. The zero-order chi connectivity index (χ0) is 12.1. The van der Waals surface area contributed by atoms with E-state index in [4.69, 9.17) is 15.7 Å². The molecule has 0 bridgehead atoms. The van der Waals surface area contributed by atoms with E-state index in [1.165, 1.54) is 5.56 Å². The van der Waals surface area contributed by atoms with Gasteiger partial charge in [0.1, 0.15) is 6.10 Å². The van der Waals surface area contributed by atoms with Crippen molar-refractivity contribution in [1.29, 1.82) is 0 Å². The second-order valence-electron chi connectivity index (χ2n) is 4.07. The molecule has 0 amide bonds. The van der Waals surface area contributed by atoms with Crippen molar-refractivity contribution in [3.63, 3.8) is 0 Å². The highest BCUT2D eigenvalue weighted by Gasteiger charge is 2.23. The Morgan fingerprint density at radius 1 is 1.71 bits per heavy atom. The van der Waals surface area contributed by atoms with Crippen LogP contribution in [0.3, 0.4) is 0 Å². The molecule has 6 heteroatoms. The highest BCUT2D eigenvalue weighted by Crippen LogP contribution is 2.10. The molecule has 1 aromatic heterocycles. The van der Waals surface area contributed by atoms with Crippen molar-refractivity contribution in [3.05, 3.63) is 22.4 Å². The number of hydrogen-bond donors (Lipinski definition) is 2. The van der Waals surface area contributed by atoms with E-state index >= 15 is 0 Å². The summed E-state index contributed by atoms with van der Waals surface area (Å²) in [7, 11) is 0. The molecule has 5 nitrogen and oxygen atoms in total. The molecule has 1 atom stereocenters. The maximum absolute atomic E-state index is 8.62. The van der Waals surface area contributed by atoms with Gasteiger partial charge in [-0.2, -0.15) is 11.3 Å². The Morgan fingerprint density at radius 3 is 3.29 bits per heavy atom. The number of amidine groups is 1. The van der Waals surface area contributed by atoms with Crippen molar-refractivity contribution in [2.24, 2.45) is 10.9 Å². The lowest BCUT2D eigenvalue weighted by molar-refractivity contribution is 0.00519. The molecule has 0 radical (unpaired) electrons. The first-order chi connectivity index (χ1) is 8.29. The Hall–Kier alpha value is -1.11. The van der Waals surface area contributed by atoms with Gasteiger partial charge in [-0.1, -0.05) is 5.16 Å². The third kappa shape index (κ3) is 3.42. The van der Waals surface area contributed by atoms with Crippen LogP contribution in [-0.4, -0.2) is 48.3 Å². The Morgan fingerprint density at radius 2 is 2.59 bits per heavy atom. The van der Waals surface area contributed by atoms with E-state index in [1.807, 2.05) is 0 Å². The van der Waals surface area contributed by atoms with Gasteiger partial charge in [0.2, 0.25) is 0 Å². The van der Waals surface area contributed by atoms with Gasteiger partial charge in [-0.25, -0.2) is 0 Å². The fraction of sp³-hybridized carbons (Fsp3) is 0.545. The minimum atomic E-state index is -0.281. The minimum absolute atomic E-state index is 0.158. The number of oxime groups is 1. The number of hydrogen-bond acceptors (Lipinski definition) is 5. The molecule has 0 aliphatic carbocycles. The lowest BCUT2D eigenvalue weighted by Crippen LogP contribution is -2.48. The average molecular weight is 255 g/mol. The monoisotopic (exact) mass is 255 g/mol. The van der Waals surface area contributed by atoms with Crippen LogP contribution in [0.15, 0.2) is 22.0 Å². The van der Waals surface area contributed by atoms with Crippen LogP contribution in [-0.2, 0) is 11.2 Å². The van der Waals surface area contributed by atoms with Gasteiger partial charge in [0, 0.05) is 19.6 Å². The lowest BCUT2D eigenvalue weighted by Gasteiger charge is -2.32. The Bertz CT molecular complexity index is 367. The first-order valence-electron chi connectivity index (χ1n) is 5.62. The zero-order valence-electron chi connectivity index (χ0n) is 9.58. The van der Waals surface area contributed by atoms with Crippen LogP contribution in [0.5, 0.6) is 0 Å². The minimum Gasteiger partial charge on any atom is -0.409 e. The second-order valence-corrected chi connectivity index (χ2v) is 4.85. The number of ether oxygens (including phenoxy) is 1. The summed E-state index contributed by atoms with van der Waals surface area (Å²) in [5, 5.41) is 15.9. The highest BCUT2D eigenvalue weighted by atomic mass is 32.1. The number of thiophene rings is 1. The number of morpholine rings is 1. The SMILES string of the molecule is NC(=NO)C1CN(CCc2ccsc2)CCO1. The van der Waals surface area contributed by atoms with Gasteiger partial charge < -0.3 is 15.7 Å². The van der Waals surface area contributed by atoms with Crippen LogP contribution < -0.4 is 5.73 Å². The maximum atomic E-state index is 8.62. The number of nitrogens with zero attached hydrogens (tertiary/aromatic N) is 2. The smallest absolute Gasteiger partial charge is 0.169 e. The van der Waals surface area contributed by atoms with Crippen molar-refractivity contribution in [2.75, 3.05) is 26.2 Å². The largest absolute Gasteiger partial charge is 0.409 e. The molecule has 94 valence electrons. The molecule has 0 aromatic carbocycles. The molecule has 1 saturated heterocycles. The summed E-state index contributed by atoms with van der Waals surface area (Å²) in [4.78, 5) is 2.28. The van der Waals surface area contributed by atoms with Crippen LogP contribution in [0.25, 0.3) is 0 Å². The normalized spacial score (nSPS) is 22.8. The molecule has 0 saturated carbocycles. The Balaban J connectivity index is 1.81. The van der Waals surface area contributed by atoms with Gasteiger partial charge in [0.15, 0.2) is 5.84 Å². The fourth-order valence-electron chi connectivity index (χ4n) is 1.87. The Labute approximate surface area is 104 Å². The molecule has 2 heterocycles. The van der Waals surface area contributed by atoms with E-state index in [-0.39, 0.29) is 11.9 Å².